The highest BCUT2D eigenvalue weighted by Gasteiger charge is 1.92. The largest absolute Gasteiger partial charge is 0.478 e. The molecular formula is C20H31FO2. The number of hydrogen-bond donors (Lipinski definition) is 1. The molecule has 2 nitrogen and oxygen atoms in total. The van der Waals surface area contributed by atoms with Gasteiger partial charge in [0.1, 0.15) is 6.17 Å². The molecule has 0 amide bonds. The van der Waals surface area contributed by atoms with E-state index in [4.69, 9.17) is 5.11 Å². The maximum Gasteiger partial charge on any atom is 0.327 e. The Morgan fingerprint density at radius 1 is 0.913 bits per heavy atom. The molecule has 0 saturated carbocycles. The summed E-state index contributed by atoms with van der Waals surface area (Å²) in [5, 5.41) is 8.39. The first-order valence-corrected chi connectivity index (χ1v) is 8.68. The van der Waals surface area contributed by atoms with Gasteiger partial charge in [-0.2, -0.15) is 0 Å². The van der Waals surface area contributed by atoms with Crippen LogP contribution in [0.15, 0.2) is 48.6 Å². The van der Waals surface area contributed by atoms with E-state index in [1.54, 1.807) is 6.08 Å². The third-order valence-electron chi connectivity index (χ3n) is 3.34. The molecule has 0 aromatic rings. The van der Waals surface area contributed by atoms with Crippen LogP contribution < -0.4 is 0 Å². The van der Waals surface area contributed by atoms with Crippen molar-refractivity contribution in [1.82, 2.24) is 0 Å². The van der Waals surface area contributed by atoms with Crippen molar-refractivity contribution in [3.05, 3.63) is 48.6 Å². The summed E-state index contributed by atoms with van der Waals surface area (Å²) in [6.07, 6.45) is 22.2. The molecule has 0 aliphatic heterocycles. The van der Waals surface area contributed by atoms with E-state index in [1.807, 2.05) is 6.08 Å². The quantitative estimate of drug-likeness (QED) is 0.236. The number of hydrogen-bond acceptors (Lipinski definition) is 1. The molecule has 1 N–H and O–H groups in total. The van der Waals surface area contributed by atoms with Crippen LogP contribution in [0.1, 0.15) is 64.7 Å². The van der Waals surface area contributed by atoms with Gasteiger partial charge in [-0.25, -0.2) is 9.18 Å². The Balaban J connectivity index is 3.58. The number of carbonyl (C=O) groups is 1. The lowest BCUT2D eigenvalue weighted by Gasteiger charge is -1.97. The van der Waals surface area contributed by atoms with Crippen LogP contribution in [0.2, 0.25) is 0 Å². The van der Waals surface area contributed by atoms with E-state index in [9.17, 15) is 9.18 Å². The average Bonchev–Trinajstić information content (AvgIpc) is 2.52. The van der Waals surface area contributed by atoms with Gasteiger partial charge in [-0.15, -0.1) is 0 Å². The highest BCUT2D eigenvalue weighted by molar-refractivity contribution is 5.79. The Bertz CT molecular complexity index is 394. The molecule has 3 heteroatoms. The van der Waals surface area contributed by atoms with Gasteiger partial charge in [0, 0.05) is 6.08 Å². The lowest BCUT2D eigenvalue weighted by atomic mass is 10.1. The van der Waals surface area contributed by atoms with Gasteiger partial charge in [-0.1, -0.05) is 81.6 Å². The zero-order valence-corrected chi connectivity index (χ0v) is 14.3. The average molecular weight is 322 g/mol. The molecular weight excluding hydrogens is 291 g/mol. The lowest BCUT2D eigenvalue weighted by Crippen LogP contribution is -1.87. The number of carboxylic acids is 1. The van der Waals surface area contributed by atoms with Crippen molar-refractivity contribution in [2.75, 3.05) is 0 Å². The van der Waals surface area contributed by atoms with Crippen LogP contribution in [0.4, 0.5) is 4.39 Å². The first-order chi connectivity index (χ1) is 11.2. The molecule has 0 bridgehead atoms. The molecule has 0 aliphatic rings. The fourth-order valence-electron chi connectivity index (χ4n) is 2.06. The Hall–Kier alpha value is -1.64. The van der Waals surface area contributed by atoms with Crippen LogP contribution in [0.5, 0.6) is 0 Å². The normalized spacial score (nSPS) is 13.8. The van der Waals surface area contributed by atoms with Crippen molar-refractivity contribution in [1.29, 1.82) is 0 Å². The van der Waals surface area contributed by atoms with Crippen LogP contribution >= 0.6 is 0 Å². The third-order valence-corrected chi connectivity index (χ3v) is 3.34. The van der Waals surface area contributed by atoms with Gasteiger partial charge < -0.3 is 5.11 Å². The maximum absolute atomic E-state index is 13.4. The number of halogens is 1. The van der Waals surface area contributed by atoms with Gasteiger partial charge in [0.2, 0.25) is 0 Å². The predicted molar refractivity (Wildman–Crippen MR) is 96.3 cm³/mol. The summed E-state index contributed by atoms with van der Waals surface area (Å²) in [6, 6.07) is 0. The molecule has 0 aromatic carbocycles. The molecule has 23 heavy (non-hydrogen) atoms. The zero-order valence-electron chi connectivity index (χ0n) is 14.3. The number of unbranched alkanes of at least 4 members (excludes halogenated alkanes) is 6. The second kappa shape index (κ2) is 16.7. The van der Waals surface area contributed by atoms with Gasteiger partial charge in [-0.05, 0) is 25.7 Å². The first-order valence-electron chi connectivity index (χ1n) is 8.68. The van der Waals surface area contributed by atoms with Crippen LogP contribution in [0, 0.1) is 0 Å². The van der Waals surface area contributed by atoms with Crippen LogP contribution in [0.25, 0.3) is 0 Å². The third kappa shape index (κ3) is 18.3. The summed E-state index contributed by atoms with van der Waals surface area (Å²) in [4.78, 5) is 10.2. The summed E-state index contributed by atoms with van der Waals surface area (Å²) >= 11 is 0. The Labute approximate surface area is 140 Å². The van der Waals surface area contributed by atoms with Crippen molar-refractivity contribution >= 4 is 5.97 Å². The summed E-state index contributed by atoms with van der Waals surface area (Å²) < 4.78 is 13.4. The Morgan fingerprint density at radius 2 is 1.52 bits per heavy atom. The lowest BCUT2D eigenvalue weighted by molar-refractivity contribution is -0.131. The SMILES string of the molecule is CCCCCCCCC=CCC=CC(F)C=CCC=CC(=O)O. The van der Waals surface area contributed by atoms with Crippen molar-refractivity contribution < 1.29 is 14.3 Å². The summed E-state index contributed by atoms with van der Waals surface area (Å²) in [7, 11) is 0. The number of alkyl halides is 1. The van der Waals surface area contributed by atoms with Crippen LogP contribution in [-0.4, -0.2) is 17.2 Å². The molecule has 0 saturated heterocycles. The molecule has 0 spiro atoms. The molecule has 0 aliphatic carbocycles. The van der Waals surface area contributed by atoms with E-state index in [0.717, 1.165) is 18.9 Å². The van der Waals surface area contributed by atoms with Gasteiger partial charge in [-0.3, -0.25) is 0 Å². The van der Waals surface area contributed by atoms with E-state index < -0.39 is 12.1 Å². The topological polar surface area (TPSA) is 37.3 Å². The van der Waals surface area contributed by atoms with E-state index in [-0.39, 0.29) is 0 Å². The fraction of sp³-hybridized carbons (Fsp3) is 0.550. The molecule has 1 unspecified atom stereocenters. The molecule has 0 heterocycles. The molecule has 1 atom stereocenters. The molecule has 0 radical (unpaired) electrons. The van der Waals surface area contributed by atoms with Crippen LogP contribution in [-0.2, 0) is 4.79 Å². The second-order valence-electron chi connectivity index (χ2n) is 5.54. The van der Waals surface area contributed by atoms with Crippen molar-refractivity contribution in [3.8, 4) is 0 Å². The van der Waals surface area contributed by atoms with Crippen molar-refractivity contribution in [3.63, 3.8) is 0 Å². The Morgan fingerprint density at radius 3 is 2.17 bits per heavy atom. The van der Waals surface area contributed by atoms with E-state index in [2.05, 4.69) is 19.1 Å². The monoisotopic (exact) mass is 322 g/mol. The summed E-state index contributed by atoms with van der Waals surface area (Å²) in [5.74, 6) is -0.983. The van der Waals surface area contributed by atoms with Gasteiger partial charge in [0.15, 0.2) is 0 Å². The van der Waals surface area contributed by atoms with E-state index in [0.29, 0.717) is 6.42 Å². The molecule has 130 valence electrons. The van der Waals surface area contributed by atoms with Crippen LogP contribution in [0.3, 0.4) is 0 Å². The van der Waals surface area contributed by atoms with Crippen molar-refractivity contribution in [2.45, 2.75) is 70.9 Å². The highest BCUT2D eigenvalue weighted by atomic mass is 19.1. The summed E-state index contributed by atoms with van der Waals surface area (Å²) in [6.45, 7) is 2.23. The molecule has 0 aromatic heterocycles. The van der Waals surface area contributed by atoms with E-state index >= 15 is 0 Å². The fourth-order valence-corrected chi connectivity index (χ4v) is 2.06. The zero-order chi connectivity index (χ0) is 17.2. The summed E-state index contributed by atoms with van der Waals surface area (Å²) in [5.41, 5.74) is 0. The second-order valence-corrected chi connectivity index (χ2v) is 5.54. The smallest absolute Gasteiger partial charge is 0.327 e. The number of rotatable bonds is 14. The molecule has 0 rings (SSSR count). The predicted octanol–water partition coefficient (Wildman–Crippen LogP) is 6.16. The number of carboxylic acid groups (broad SMARTS) is 1. The molecule has 0 fully saturated rings. The number of aliphatic carboxylic acids is 1. The number of allylic oxidation sites excluding steroid dienone is 7. The van der Waals surface area contributed by atoms with Gasteiger partial charge in [0.25, 0.3) is 0 Å². The van der Waals surface area contributed by atoms with Gasteiger partial charge in [0.05, 0.1) is 0 Å². The standard InChI is InChI=1S/C20H31FO2/c1-2-3-4-5-6-7-8-9-10-11-13-16-19(21)17-14-12-15-18-20(22)23/h9-10,13-19H,2-8,11-12H2,1H3,(H,22,23). The minimum atomic E-state index is -1.11. The minimum Gasteiger partial charge on any atom is -0.478 e. The van der Waals surface area contributed by atoms with E-state index in [1.165, 1.54) is 56.8 Å². The first kappa shape index (κ1) is 21.4. The van der Waals surface area contributed by atoms with Gasteiger partial charge >= 0.3 is 5.97 Å². The Kier molecular flexibility index (Phi) is 15.5. The maximum atomic E-state index is 13.4. The van der Waals surface area contributed by atoms with Crippen molar-refractivity contribution in [2.24, 2.45) is 0 Å². The minimum absolute atomic E-state index is 0.429. The highest BCUT2D eigenvalue weighted by Crippen LogP contribution is 2.07.